The zero-order chi connectivity index (χ0) is 12.1. The van der Waals surface area contributed by atoms with Crippen LogP contribution in [0.5, 0.6) is 0 Å². The summed E-state index contributed by atoms with van der Waals surface area (Å²) in [6, 6.07) is 2.07. The molecule has 0 radical (unpaired) electrons. The Hall–Kier alpha value is -0.770. The smallest absolute Gasteiger partial charge is 0.132 e. The molecule has 0 spiro atoms. The van der Waals surface area contributed by atoms with Gasteiger partial charge in [-0.05, 0) is 19.3 Å². The van der Waals surface area contributed by atoms with E-state index in [1.807, 2.05) is 18.8 Å². The Morgan fingerprint density at radius 3 is 2.76 bits per heavy atom. The van der Waals surface area contributed by atoms with E-state index in [0.717, 1.165) is 34.8 Å². The van der Waals surface area contributed by atoms with Crippen LogP contribution >= 0.6 is 11.8 Å². The molecule has 0 atom stereocenters. The van der Waals surface area contributed by atoms with Crippen LogP contribution in [0.15, 0.2) is 11.1 Å². The number of aryl methyl sites for hydroxylation is 1. The van der Waals surface area contributed by atoms with E-state index in [-0.39, 0.29) is 0 Å². The van der Waals surface area contributed by atoms with E-state index < -0.39 is 0 Å². The highest BCUT2D eigenvalue weighted by atomic mass is 32.2. The lowest BCUT2D eigenvalue weighted by Gasteiger charge is -2.10. The van der Waals surface area contributed by atoms with Crippen LogP contribution in [-0.4, -0.2) is 22.3 Å². The molecule has 1 aliphatic carbocycles. The van der Waals surface area contributed by atoms with Crippen molar-refractivity contribution in [2.45, 2.75) is 55.7 Å². The second kappa shape index (κ2) is 6.24. The van der Waals surface area contributed by atoms with Crippen LogP contribution in [0, 0.1) is 0 Å². The van der Waals surface area contributed by atoms with E-state index in [1.165, 1.54) is 25.7 Å². The van der Waals surface area contributed by atoms with Gasteiger partial charge in [0.05, 0.1) is 0 Å². The van der Waals surface area contributed by atoms with Gasteiger partial charge in [0.2, 0.25) is 0 Å². The molecule has 1 heterocycles. The maximum Gasteiger partial charge on any atom is 0.132 e. The first-order valence-electron chi connectivity index (χ1n) is 6.54. The molecule has 1 aromatic rings. The molecule has 1 N–H and O–H groups in total. The van der Waals surface area contributed by atoms with Crippen molar-refractivity contribution in [2.24, 2.45) is 0 Å². The van der Waals surface area contributed by atoms with Crippen molar-refractivity contribution in [3.8, 4) is 0 Å². The highest BCUT2D eigenvalue weighted by Gasteiger charge is 2.17. The molecule has 0 amide bonds. The Morgan fingerprint density at radius 2 is 2.12 bits per heavy atom. The molecular weight excluding hydrogens is 230 g/mol. The molecule has 0 saturated heterocycles. The first kappa shape index (κ1) is 12.7. The SMILES string of the molecule is CCCc1nc(NC)cc(SC2CCCC2)n1. The summed E-state index contributed by atoms with van der Waals surface area (Å²) in [7, 11) is 1.92. The van der Waals surface area contributed by atoms with Gasteiger partial charge in [0.25, 0.3) is 0 Å². The fourth-order valence-electron chi connectivity index (χ4n) is 2.17. The second-order valence-corrected chi connectivity index (χ2v) is 5.85. The minimum absolute atomic E-state index is 0.768. The van der Waals surface area contributed by atoms with Crippen LogP contribution in [0.2, 0.25) is 0 Å². The van der Waals surface area contributed by atoms with Gasteiger partial charge in [-0.2, -0.15) is 0 Å². The van der Waals surface area contributed by atoms with Gasteiger partial charge in [-0.15, -0.1) is 11.8 Å². The Kier molecular flexibility index (Phi) is 4.66. The summed E-state index contributed by atoms with van der Waals surface area (Å²) in [5.74, 6) is 1.92. The summed E-state index contributed by atoms with van der Waals surface area (Å²) < 4.78 is 0. The molecule has 1 aliphatic rings. The lowest BCUT2D eigenvalue weighted by molar-refractivity contribution is 0.808. The van der Waals surface area contributed by atoms with Gasteiger partial charge in [-0.3, -0.25) is 0 Å². The van der Waals surface area contributed by atoms with Crippen molar-refractivity contribution in [3.63, 3.8) is 0 Å². The predicted molar refractivity (Wildman–Crippen MR) is 73.7 cm³/mol. The molecule has 0 unspecified atom stereocenters. The van der Waals surface area contributed by atoms with Gasteiger partial charge in [-0.1, -0.05) is 19.8 Å². The summed E-state index contributed by atoms with van der Waals surface area (Å²) in [5, 5.41) is 5.03. The van der Waals surface area contributed by atoms with Crippen LogP contribution in [0.3, 0.4) is 0 Å². The summed E-state index contributed by atoms with van der Waals surface area (Å²) in [5.41, 5.74) is 0. The lowest BCUT2D eigenvalue weighted by Crippen LogP contribution is -2.03. The Labute approximate surface area is 108 Å². The van der Waals surface area contributed by atoms with Crippen molar-refractivity contribution in [1.82, 2.24) is 9.97 Å². The maximum atomic E-state index is 4.65. The van der Waals surface area contributed by atoms with Crippen LogP contribution in [0.1, 0.15) is 44.9 Å². The highest BCUT2D eigenvalue weighted by Crippen LogP contribution is 2.34. The number of thioether (sulfide) groups is 1. The molecule has 2 rings (SSSR count). The van der Waals surface area contributed by atoms with E-state index in [9.17, 15) is 0 Å². The Bertz CT molecular complexity index is 362. The van der Waals surface area contributed by atoms with E-state index in [4.69, 9.17) is 0 Å². The highest BCUT2D eigenvalue weighted by molar-refractivity contribution is 7.99. The fraction of sp³-hybridized carbons (Fsp3) is 0.692. The van der Waals surface area contributed by atoms with E-state index in [2.05, 4.69) is 28.3 Å². The number of hydrogen-bond donors (Lipinski definition) is 1. The van der Waals surface area contributed by atoms with Gasteiger partial charge in [-0.25, -0.2) is 9.97 Å². The van der Waals surface area contributed by atoms with Crippen LogP contribution in [0.4, 0.5) is 5.82 Å². The molecule has 94 valence electrons. The average Bonchev–Trinajstić information content (AvgIpc) is 2.82. The van der Waals surface area contributed by atoms with Crippen molar-refractivity contribution >= 4 is 17.6 Å². The summed E-state index contributed by atoms with van der Waals surface area (Å²) in [6.45, 7) is 2.17. The molecule has 3 nitrogen and oxygen atoms in total. The molecule has 0 bridgehead atoms. The summed E-state index contributed by atoms with van der Waals surface area (Å²) in [6.07, 6.45) is 7.50. The van der Waals surface area contributed by atoms with Gasteiger partial charge >= 0.3 is 0 Å². The Morgan fingerprint density at radius 1 is 1.35 bits per heavy atom. The number of anilines is 1. The van der Waals surface area contributed by atoms with Crippen molar-refractivity contribution in [3.05, 3.63) is 11.9 Å². The summed E-state index contributed by atoms with van der Waals surface area (Å²) >= 11 is 1.93. The lowest BCUT2D eigenvalue weighted by atomic mass is 10.3. The molecule has 1 saturated carbocycles. The number of aromatic nitrogens is 2. The number of rotatable bonds is 5. The number of nitrogens with one attached hydrogen (secondary N) is 1. The maximum absolute atomic E-state index is 4.65. The first-order chi connectivity index (χ1) is 8.31. The minimum atomic E-state index is 0.768. The first-order valence-corrected chi connectivity index (χ1v) is 7.42. The monoisotopic (exact) mass is 251 g/mol. The average molecular weight is 251 g/mol. The predicted octanol–water partition coefficient (Wildman–Crippen LogP) is 3.51. The third-order valence-corrected chi connectivity index (χ3v) is 4.32. The van der Waals surface area contributed by atoms with Crippen molar-refractivity contribution in [1.29, 1.82) is 0 Å². The third-order valence-electron chi connectivity index (χ3n) is 3.07. The standard InChI is InChI=1S/C13H21N3S/c1-3-6-11-15-12(14-2)9-13(16-11)17-10-7-4-5-8-10/h9-10H,3-8H2,1-2H3,(H,14,15,16). The Balaban J connectivity index is 2.10. The molecule has 4 heteroatoms. The molecule has 0 aliphatic heterocycles. The van der Waals surface area contributed by atoms with Gasteiger partial charge in [0, 0.05) is 24.8 Å². The minimum Gasteiger partial charge on any atom is -0.373 e. The van der Waals surface area contributed by atoms with E-state index >= 15 is 0 Å². The van der Waals surface area contributed by atoms with Crippen LogP contribution in [0.25, 0.3) is 0 Å². The molecule has 1 aromatic heterocycles. The molecule has 0 aromatic carbocycles. The van der Waals surface area contributed by atoms with Gasteiger partial charge in [0.15, 0.2) is 0 Å². The zero-order valence-corrected chi connectivity index (χ0v) is 11.5. The van der Waals surface area contributed by atoms with Gasteiger partial charge < -0.3 is 5.32 Å². The molecular formula is C13H21N3S. The van der Waals surface area contributed by atoms with Crippen molar-refractivity contribution < 1.29 is 0 Å². The molecule has 17 heavy (non-hydrogen) atoms. The number of nitrogens with zero attached hydrogens (tertiary/aromatic N) is 2. The van der Waals surface area contributed by atoms with E-state index in [1.54, 1.807) is 0 Å². The van der Waals surface area contributed by atoms with Crippen LogP contribution < -0.4 is 5.32 Å². The zero-order valence-electron chi connectivity index (χ0n) is 10.7. The topological polar surface area (TPSA) is 37.8 Å². The van der Waals surface area contributed by atoms with Gasteiger partial charge in [0.1, 0.15) is 16.7 Å². The largest absolute Gasteiger partial charge is 0.373 e. The van der Waals surface area contributed by atoms with E-state index in [0.29, 0.717) is 0 Å². The third kappa shape index (κ3) is 3.60. The fourth-order valence-corrected chi connectivity index (χ4v) is 3.42. The normalized spacial score (nSPS) is 16.4. The second-order valence-electron chi connectivity index (χ2n) is 4.53. The number of hydrogen-bond acceptors (Lipinski definition) is 4. The van der Waals surface area contributed by atoms with Crippen LogP contribution in [-0.2, 0) is 6.42 Å². The molecule has 1 fully saturated rings. The van der Waals surface area contributed by atoms with Crippen molar-refractivity contribution in [2.75, 3.05) is 12.4 Å². The quantitative estimate of drug-likeness (QED) is 0.813. The summed E-state index contributed by atoms with van der Waals surface area (Å²) in [4.78, 5) is 9.13.